The third-order valence-corrected chi connectivity index (χ3v) is 4.52. The Morgan fingerprint density at radius 3 is 2.44 bits per heavy atom. The van der Waals surface area contributed by atoms with Gasteiger partial charge in [-0.3, -0.25) is 4.90 Å². The van der Waals surface area contributed by atoms with Gasteiger partial charge in [-0.05, 0) is 17.5 Å². The number of hydrogen-bond donors (Lipinski definition) is 2. The van der Waals surface area contributed by atoms with Crippen molar-refractivity contribution < 1.29 is 24.3 Å². The molecular formula is C16H15N5O5S. The van der Waals surface area contributed by atoms with E-state index in [2.05, 4.69) is 42.5 Å². The Kier molecular flexibility index (Phi) is 5.84. The lowest BCUT2D eigenvalue weighted by Crippen LogP contribution is -2.44. The highest BCUT2D eigenvalue weighted by molar-refractivity contribution is 7.09. The number of hydrogen-bond acceptors (Lipinski definition) is 9. The van der Waals surface area contributed by atoms with Crippen LogP contribution in [0.2, 0.25) is 0 Å². The van der Waals surface area contributed by atoms with E-state index in [1.165, 1.54) is 4.88 Å². The van der Waals surface area contributed by atoms with E-state index in [4.69, 9.17) is 24.3 Å². The molecule has 4 heterocycles. The Morgan fingerprint density at radius 2 is 1.85 bits per heavy atom. The molecule has 3 aromatic rings. The highest BCUT2D eigenvalue weighted by Crippen LogP contribution is 2.28. The van der Waals surface area contributed by atoms with Crippen molar-refractivity contribution in [2.24, 2.45) is 0 Å². The smallest absolute Gasteiger partial charge is 0.414 e. The number of carboxylic acids is 2. The van der Waals surface area contributed by atoms with Crippen LogP contribution in [0.5, 0.6) is 0 Å². The quantitative estimate of drug-likeness (QED) is 0.627. The van der Waals surface area contributed by atoms with Gasteiger partial charge in [-0.2, -0.15) is 4.98 Å². The van der Waals surface area contributed by atoms with Crippen molar-refractivity contribution in [1.29, 1.82) is 0 Å². The predicted octanol–water partition coefficient (Wildman–Crippen LogP) is 1.34. The zero-order valence-corrected chi connectivity index (χ0v) is 14.7. The van der Waals surface area contributed by atoms with Crippen molar-refractivity contribution in [3.63, 3.8) is 0 Å². The van der Waals surface area contributed by atoms with E-state index in [0.29, 0.717) is 23.5 Å². The molecule has 11 heteroatoms. The summed E-state index contributed by atoms with van der Waals surface area (Å²) in [5.41, 5.74) is 0. The van der Waals surface area contributed by atoms with E-state index in [-0.39, 0.29) is 0 Å². The first-order valence-electron chi connectivity index (χ1n) is 7.85. The van der Waals surface area contributed by atoms with Crippen LogP contribution in [-0.2, 0) is 16.1 Å². The summed E-state index contributed by atoms with van der Waals surface area (Å²) in [5.74, 6) is -1.69. The van der Waals surface area contributed by atoms with Gasteiger partial charge in [0.25, 0.3) is 0 Å². The normalized spacial score (nSPS) is 14.1. The van der Waals surface area contributed by atoms with Gasteiger partial charge in [0, 0.05) is 36.9 Å². The number of carboxylic acid groups (broad SMARTS) is 2. The number of carbonyl (C=O) groups is 2. The van der Waals surface area contributed by atoms with Gasteiger partial charge >= 0.3 is 11.9 Å². The van der Waals surface area contributed by atoms with Gasteiger partial charge in [0.15, 0.2) is 0 Å². The van der Waals surface area contributed by atoms with E-state index in [1.54, 1.807) is 29.8 Å². The fourth-order valence-electron chi connectivity index (χ4n) is 2.38. The van der Waals surface area contributed by atoms with Crippen molar-refractivity contribution in [2.45, 2.75) is 12.5 Å². The van der Waals surface area contributed by atoms with E-state index in [0.717, 1.165) is 19.6 Å². The number of rotatable bonds is 4. The summed E-state index contributed by atoms with van der Waals surface area (Å²) in [7, 11) is 0. The summed E-state index contributed by atoms with van der Waals surface area (Å²) in [4.78, 5) is 34.6. The molecule has 0 bridgehead atoms. The lowest BCUT2D eigenvalue weighted by molar-refractivity contribution is -0.159. The molecule has 0 radical (unpaired) electrons. The van der Waals surface area contributed by atoms with Crippen LogP contribution in [-0.4, -0.2) is 60.2 Å². The minimum absolute atomic E-state index is 0.315. The van der Waals surface area contributed by atoms with Gasteiger partial charge in [0.05, 0.1) is 5.92 Å². The zero-order chi connectivity index (χ0) is 19.2. The molecule has 1 aliphatic heterocycles. The first-order chi connectivity index (χ1) is 13.0. The molecular weight excluding hydrogens is 374 g/mol. The molecule has 0 aromatic carbocycles. The molecule has 0 spiro atoms. The summed E-state index contributed by atoms with van der Waals surface area (Å²) >= 11 is 1.79. The van der Waals surface area contributed by atoms with Crippen LogP contribution in [0.15, 0.2) is 40.5 Å². The Hall–Kier alpha value is -3.18. The Morgan fingerprint density at radius 1 is 1.15 bits per heavy atom. The van der Waals surface area contributed by atoms with Crippen molar-refractivity contribution in [3.8, 4) is 11.6 Å². The largest absolute Gasteiger partial charge is 0.473 e. The van der Waals surface area contributed by atoms with Gasteiger partial charge in [-0.1, -0.05) is 11.2 Å². The number of aromatic nitrogens is 4. The van der Waals surface area contributed by atoms with Crippen LogP contribution >= 0.6 is 11.3 Å². The first kappa shape index (κ1) is 18.6. The fourth-order valence-corrected chi connectivity index (χ4v) is 3.13. The number of nitrogens with zero attached hydrogens (tertiary/aromatic N) is 5. The topological polar surface area (TPSA) is 143 Å². The monoisotopic (exact) mass is 389 g/mol. The maximum Gasteiger partial charge on any atom is 0.414 e. The van der Waals surface area contributed by atoms with Crippen LogP contribution in [0.1, 0.15) is 16.7 Å². The van der Waals surface area contributed by atoms with Crippen molar-refractivity contribution >= 4 is 23.3 Å². The molecule has 0 amide bonds. The Bertz CT molecular complexity index is 881. The highest BCUT2D eigenvalue weighted by atomic mass is 32.1. The minimum Gasteiger partial charge on any atom is -0.473 e. The van der Waals surface area contributed by atoms with E-state index < -0.39 is 11.9 Å². The lowest BCUT2D eigenvalue weighted by atomic mass is 10.0. The first-order valence-corrected chi connectivity index (χ1v) is 8.73. The zero-order valence-electron chi connectivity index (χ0n) is 13.9. The molecule has 1 fully saturated rings. The maximum absolute atomic E-state index is 9.10. The molecule has 0 saturated carbocycles. The second-order valence-electron chi connectivity index (χ2n) is 5.61. The van der Waals surface area contributed by atoms with Gasteiger partial charge in [-0.25, -0.2) is 19.6 Å². The average Bonchev–Trinajstić information content (AvgIpc) is 3.31. The fraction of sp³-hybridized carbons (Fsp3) is 0.250. The van der Waals surface area contributed by atoms with E-state index in [9.17, 15) is 0 Å². The Labute approximate surface area is 157 Å². The lowest BCUT2D eigenvalue weighted by Gasteiger charge is -2.36. The van der Waals surface area contributed by atoms with Crippen LogP contribution in [0, 0.1) is 0 Å². The number of aliphatic carboxylic acids is 2. The SMILES string of the molecule is O=C(O)C(=O)O.c1cnc(-c2noc(C3CN(Cc4cccs4)C3)n2)nc1. The molecule has 140 valence electrons. The van der Waals surface area contributed by atoms with Crippen LogP contribution < -0.4 is 0 Å². The molecule has 0 unspecified atom stereocenters. The molecule has 2 N–H and O–H groups in total. The van der Waals surface area contributed by atoms with Crippen molar-refractivity contribution in [1.82, 2.24) is 25.0 Å². The van der Waals surface area contributed by atoms with Gasteiger partial charge < -0.3 is 14.7 Å². The summed E-state index contributed by atoms with van der Waals surface area (Å²) in [5, 5.41) is 20.9. The molecule has 27 heavy (non-hydrogen) atoms. The molecule has 3 aromatic heterocycles. The second-order valence-corrected chi connectivity index (χ2v) is 6.64. The number of likely N-dealkylation sites (tertiary alicyclic amines) is 1. The second kappa shape index (κ2) is 8.47. The molecule has 0 aliphatic carbocycles. The molecule has 4 rings (SSSR count). The van der Waals surface area contributed by atoms with Gasteiger partial charge in [0.1, 0.15) is 0 Å². The average molecular weight is 389 g/mol. The summed E-state index contributed by atoms with van der Waals surface area (Å²) in [6.45, 7) is 2.90. The predicted molar refractivity (Wildman–Crippen MR) is 92.9 cm³/mol. The highest BCUT2D eigenvalue weighted by Gasteiger charge is 2.32. The molecule has 10 nitrogen and oxygen atoms in total. The van der Waals surface area contributed by atoms with Gasteiger partial charge in [0.2, 0.25) is 17.5 Å². The molecule has 1 aliphatic rings. The standard InChI is InChI=1S/C14H13N5OS.C2H2O4/c1-3-11(21-6-1)9-19-7-10(8-19)14-17-13(18-20-14)12-15-4-2-5-16-12;3-1(4)2(5)6/h1-6,10H,7-9H2;(H,3,4)(H,5,6). The van der Waals surface area contributed by atoms with Crippen LogP contribution in [0.4, 0.5) is 0 Å². The van der Waals surface area contributed by atoms with E-state index >= 15 is 0 Å². The van der Waals surface area contributed by atoms with Crippen molar-refractivity contribution in [2.75, 3.05) is 13.1 Å². The van der Waals surface area contributed by atoms with Crippen LogP contribution in [0.25, 0.3) is 11.6 Å². The van der Waals surface area contributed by atoms with Crippen LogP contribution in [0.3, 0.4) is 0 Å². The van der Waals surface area contributed by atoms with Crippen molar-refractivity contribution in [3.05, 3.63) is 46.7 Å². The summed E-state index contributed by atoms with van der Waals surface area (Å²) in [6.07, 6.45) is 3.34. The number of thiophene rings is 1. The third kappa shape index (κ3) is 4.92. The molecule has 0 atom stereocenters. The summed E-state index contributed by atoms with van der Waals surface area (Å²) in [6, 6.07) is 6.01. The third-order valence-electron chi connectivity index (χ3n) is 3.66. The Balaban J connectivity index is 0.000000307. The van der Waals surface area contributed by atoms with E-state index in [1.807, 2.05) is 0 Å². The minimum atomic E-state index is -1.82. The summed E-state index contributed by atoms with van der Waals surface area (Å²) < 4.78 is 5.34. The molecule has 1 saturated heterocycles. The maximum atomic E-state index is 9.10. The van der Waals surface area contributed by atoms with Gasteiger partial charge in [-0.15, -0.1) is 11.3 Å².